The average molecular weight is 518 g/mol. The number of hydrogen-bond donors (Lipinski definition) is 1. The predicted molar refractivity (Wildman–Crippen MR) is 143 cm³/mol. The Labute approximate surface area is 218 Å². The molecule has 1 aliphatic heterocycles. The highest BCUT2D eigenvalue weighted by molar-refractivity contribution is 7.80. The van der Waals surface area contributed by atoms with Crippen LogP contribution in [0.15, 0.2) is 72.9 Å². The van der Waals surface area contributed by atoms with Gasteiger partial charge in [0.05, 0.1) is 41.6 Å². The fourth-order valence-corrected chi connectivity index (χ4v) is 5.34. The van der Waals surface area contributed by atoms with Crippen LogP contribution in [-0.2, 0) is 0 Å². The molecule has 37 heavy (non-hydrogen) atoms. The molecule has 8 nitrogen and oxygen atoms in total. The zero-order chi connectivity index (χ0) is 26.3. The van der Waals surface area contributed by atoms with Gasteiger partial charge in [0.1, 0.15) is 17.3 Å². The number of halogens is 1. The molecule has 0 bridgehead atoms. The molecule has 0 saturated carbocycles. The topological polar surface area (TPSA) is 85.5 Å². The van der Waals surface area contributed by atoms with Gasteiger partial charge in [0.25, 0.3) is 5.69 Å². The van der Waals surface area contributed by atoms with Gasteiger partial charge >= 0.3 is 0 Å². The lowest BCUT2D eigenvalue weighted by Gasteiger charge is -2.28. The van der Waals surface area contributed by atoms with Gasteiger partial charge in [0.2, 0.25) is 0 Å². The van der Waals surface area contributed by atoms with Gasteiger partial charge in [-0.2, -0.15) is 0 Å². The molecule has 0 spiro atoms. The minimum Gasteiger partial charge on any atom is -0.496 e. The van der Waals surface area contributed by atoms with E-state index < -0.39 is 16.8 Å². The third-order valence-corrected chi connectivity index (χ3v) is 6.93. The monoisotopic (exact) mass is 517 g/mol. The van der Waals surface area contributed by atoms with Gasteiger partial charge in [-0.15, -0.1) is 0 Å². The Kier molecular flexibility index (Phi) is 6.34. The Balaban J connectivity index is 1.72. The number of anilines is 1. The van der Waals surface area contributed by atoms with Gasteiger partial charge in [-0.1, -0.05) is 18.2 Å². The molecular formula is C27H24FN5O3S. The van der Waals surface area contributed by atoms with Crippen LogP contribution in [0.3, 0.4) is 0 Å². The smallest absolute Gasteiger partial charge is 0.296 e. The van der Waals surface area contributed by atoms with E-state index in [9.17, 15) is 10.1 Å². The van der Waals surface area contributed by atoms with Crippen molar-refractivity contribution in [3.05, 3.63) is 112 Å². The molecule has 5 rings (SSSR count). The minimum atomic E-state index is -0.462. The summed E-state index contributed by atoms with van der Waals surface area (Å²) in [4.78, 5) is 17.8. The van der Waals surface area contributed by atoms with Crippen LogP contribution in [0.2, 0.25) is 0 Å². The number of para-hydroxylation sites is 1. The van der Waals surface area contributed by atoms with Crippen LogP contribution in [0.25, 0.3) is 5.69 Å². The van der Waals surface area contributed by atoms with Crippen LogP contribution in [-0.4, -0.2) is 26.7 Å². The number of hydrogen-bond acceptors (Lipinski definition) is 5. The van der Waals surface area contributed by atoms with Gasteiger partial charge < -0.3 is 19.5 Å². The Morgan fingerprint density at radius 1 is 1.08 bits per heavy atom. The van der Waals surface area contributed by atoms with Gasteiger partial charge in [-0.05, 0) is 74.1 Å². The maximum absolute atomic E-state index is 15.1. The second-order valence-electron chi connectivity index (χ2n) is 8.72. The van der Waals surface area contributed by atoms with E-state index in [-0.39, 0.29) is 11.7 Å². The lowest BCUT2D eigenvalue weighted by atomic mass is 9.96. The number of benzene rings is 2. The number of thiocarbonyl (C=S) groups is 1. The molecule has 0 unspecified atom stereocenters. The molecule has 2 atom stereocenters. The number of ether oxygens (including phenoxy) is 1. The molecular weight excluding hydrogens is 493 g/mol. The molecule has 0 amide bonds. The number of nitro benzene ring substituents is 1. The van der Waals surface area contributed by atoms with E-state index >= 15 is 4.39 Å². The normalized spacial score (nSPS) is 17.1. The van der Waals surface area contributed by atoms with Crippen LogP contribution in [0.4, 0.5) is 15.8 Å². The SMILES string of the molecule is COc1ccc(-n2c(C)cc([C@H]3[C@H](c4ccccn4)NC(=S)N3c3ccccc3F)c2C)c([N+](=O)[O-])c1. The van der Waals surface area contributed by atoms with Gasteiger partial charge in [-0.3, -0.25) is 15.1 Å². The first-order valence-electron chi connectivity index (χ1n) is 11.6. The number of rotatable bonds is 6. The fraction of sp³-hybridized carbons (Fsp3) is 0.185. The molecule has 0 radical (unpaired) electrons. The summed E-state index contributed by atoms with van der Waals surface area (Å²) in [5.74, 6) is -0.0117. The Morgan fingerprint density at radius 3 is 2.51 bits per heavy atom. The van der Waals surface area contributed by atoms with Crippen molar-refractivity contribution < 1.29 is 14.1 Å². The van der Waals surface area contributed by atoms with Crippen molar-refractivity contribution in [3.8, 4) is 11.4 Å². The van der Waals surface area contributed by atoms with E-state index in [0.717, 1.165) is 22.6 Å². The summed E-state index contributed by atoms with van der Waals surface area (Å²) in [6.07, 6.45) is 1.70. The van der Waals surface area contributed by atoms with Crippen LogP contribution < -0.4 is 15.0 Å². The number of pyridine rings is 1. The predicted octanol–water partition coefficient (Wildman–Crippen LogP) is 5.72. The molecule has 10 heteroatoms. The lowest BCUT2D eigenvalue weighted by molar-refractivity contribution is -0.384. The summed E-state index contributed by atoms with van der Waals surface area (Å²) in [5.41, 5.74) is 3.80. The summed E-state index contributed by atoms with van der Waals surface area (Å²) in [7, 11) is 1.47. The van der Waals surface area contributed by atoms with Crippen molar-refractivity contribution >= 4 is 28.7 Å². The number of nitro groups is 1. The first kappa shape index (κ1) is 24.4. The van der Waals surface area contributed by atoms with E-state index in [1.54, 1.807) is 41.4 Å². The molecule has 1 N–H and O–H groups in total. The zero-order valence-corrected chi connectivity index (χ0v) is 21.2. The highest BCUT2D eigenvalue weighted by atomic mass is 32.1. The fourth-order valence-electron chi connectivity index (χ4n) is 5.00. The van der Waals surface area contributed by atoms with E-state index in [0.29, 0.717) is 22.2 Å². The molecule has 2 aromatic heterocycles. The van der Waals surface area contributed by atoms with Crippen LogP contribution in [0.1, 0.15) is 34.7 Å². The Bertz CT molecular complexity index is 1510. The zero-order valence-electron chi connectivity index (χ0n) is 20.4. The molecule has 4 aromatic rings. The lowest BCUT2D eigenvalue weighted by Crippen LogP contribution is -2.30. The van der Waals surface area contributed by atoms with Gasteiger partial charge in [0.15, 0.2) is 5.11 Å². The van der Waals surface area contributed by atoms with Gasteiger partial charge in [-0.25, -0.2) is 4.39 Å². The number of nitrogens with zero attached hydrogens (tertiary/aromatic N) is 4. The molecule has 1 fully saturated rings. The first-order chi connectivity index (χ1) is 17.8. The third-order valence-electron chi connectivity index (χ3n) is 6.62. The molecule has 188 valence electrons. The Hall–Kier alpha value is -4.31. The van der Waals surface area contributed by atoms with Crippen molar-refractivity contribution in [2.45, 2.75) is 25.9 Å². The second kappa shape index (κ2) is 9.62. The maximum atomic E-state index is 15.1. The van der Waals surface area contributed by atoms with Crippen LogP contribution in [0.5, 0.6) is 5.75 Å². The van der Waals surface area contributed by atoms with Gasteiger partial charge in [0, 0.05) is 17.6 Å². The summed E-state index contributed by atoms with van der Waals surface area (Å²) in [6, 6.07) is 18.0. The van der Waals surface area contributed by atoms with E-state index in [2.05, 4.69) is 10.3 Å². The summed E-state index contributed by atoms with van der Waals surface area (Å²) in [5, 5.41) is 15.7. The molecule has 1 aliphatic rings. The standard InChI is InChI=1S/C27H24FN5O3S/c1-16-14-19(17(2)31(16)23-12-11-18(36-3)15-24(23)33(34)35)26-25(21-9-6-7-13-29-21)30-27(37)32(26)22-10-5-4-8-20(22)28/h4-15,25-26H,1-3H3,(H,30,37)/t25-,26-/m0/s1. The number of aromatic nitrogens is 2. The molecule has 2 aromatic carbocycles. The first-order valence-corrected chi connectivity index (χ1v) is 12.0. The van der Waals surface area contributed by atoms with Crippen LogP contribution in [0, 0.1) is 29.8 Å². The molecule has 0 aliphatic carbocycles. The third kappa shape index (κ3) is 4.19. The average Bonchev–Trinajstić information content (AvgIpc) is 3.39. The maximum Gasteiger partial charge on any atom is 0.296 e. The van der Waals surface area contributed by atoms with E-state index in [1.807, 2.05) is 42.7 Å². The quantitative estimate of drug-likeness (QED) is 0.199. The van der Waals surface area contributed by atoms with E-state index in [1.165, 1.54) is 19.2 Å². The number of methoxy groups -OCH3 is 1. The van der Waals surface area contributed by atoms with Crippen molar-refractivity contribution in [2.24, 2.45) is 0 Å². The van der Waals surface area contributed by atoms with E-state index in [4.69, 9.17) is 17.0 Å². The number of nitrogens with one attached hydrogen (secondary N) is 1. The summed E-state index contributed by atoms with van der Waals surface area (Å²) in [6.45, 7) is 3.78. The molecule has 1 saturated heterocycles. The molecule has 3 heterocycles. The van der Waals surface area contributed by atoms with Crippen molar-refractivity contribution in [1.82, 2.24) is 14.9 Å². The van der Waals surface area contributed by atoms with Crippen molar-refractivity contribution in [3.63, 3.8) is 0 Å². The Morgan fingerprint density at radius 2 is 1.84 bits per heavy atom. The summed E-state index contributed by atoms with van der Waals surface area (Å²) >= 11 is 5.71. The van der Waals surface area contributed by atoms with Crippen molar-refractivity contribution in [2.75, 3.05) is 12.0 Å². The highest BCUT2D eigenvalue weighted by Gasteiger charge is 2.43. The number of aryl methyl sites for hydroxylation is 1. The minimum absolute atomic E-state index is 0.0833. The van der Waals surface area contributed by atoms with Crippen LogP contribution >= 0.6 is 12.2 Å². The second-order valence-corrected chi connectivity index (χ2v) is 9.11. The summed E-state index contributed by atoms with van der Waals surface area (Å²) < 4.78 is 22.1. The van der Waals surface area contributed by atoms with Crippen molar-refractivity contribution in [1.29, 1.82) is 0 Å². The highest BCUT2D eigenvalue weighted by Crippen LogP contribution is 2.45. The largest absolute Gasteiger partial charge is 0.496 e.